The number of fused-ring (bicyclic) bond motifs is 1. The van der Waals surface area contributed by atoms with E-state index in [0.29, 0.717) is 33.9 Å². The summed E-state index contributed by atoms with van der Waals surface area (Å²) in [6.45, 7) is -1.10. The molecule has 1 saturated carbocycles. The monoisotopic (exact) mass is 505 g/mol. The van der Waals surface area contributed by atoms with E-state index >= 15 is 0 Å². The molecular formula is C26H22F3N7O. The van der Waals surface area contributed by atoms with Crippen LogP contribution < -0.4 is 5.32 Å². The summed E-state index contributed by atoms with van der Waals surface area (Å²) >= 11 is 0. The Morgan fingerprint density at radius 3 is 2.81 bits per heavy atom. The highest BCUT2D eigenvalue weighted by atomic mass is 19.4. The van der Waals surface area contributed by atoms with Crippen LogP contribution in [0, 0.1) is 0 Å². The number of carbonyl (C=O) groups is 1. The van der Waals surface area contributed by atoms with Crippen LogP contribution in [0.25, 0.3) is 22.2 Å². The summed E-state index contributed by atoms with van der Waals surface area (Å²) < 4.78 is 42.1. The Kier molecular flexibility index (Phi) is 5.62. The van der Waals surface area contributed by atoms with Crippen molar-refractivity contribution in [2.45, 2.75) is 43.9 Å². The summed E-state index contributed by atoms with van der Waals surface area (Å²) in [4.78, 5) is 21.5. The van der Waals surface area contributed by atoms with E-state index in [0.717, 1.165) is 29.7 Å². The number of nitrogens with one attached hydrogen (secondary N) is 1. The number of aromatic nitrogens is 6. The van der Waals surface area contributed by atoms with Gasteiger partial charge < -0.3 is 14.5 Å². The van der Waals surface area contributed by atoms with Crippen LogP contribution in [-0.4, -0.2) is 41.4 Å². The zero-order chi connectivity index (χ0) is 25.6. The number of halogens is 3. The first-order valence-corrected chi connectivity index (χ1v) is 11.9. The van der Waals surface area contributed by atoms with Gasteiger partial charge in [0.1, 0.15) is 24.4 Å². The van der Waals surface area contributed by atoms with Crippen molar-refractivity contribution < 1.29 is 18.0 Å². The number of allylic oxidation sites excluding steroid dienone is 3. The Bertz CT molecular complexity index is 1550. The van der Waals surface area contributed by atoms with E-state index < -0.39 is 18.6 Å². The normalized spacial score (nSPS) is 17.7. The standard InChI is InChI=1S/C26H22F3N7O/c27-26(28,29)14-35-9-7-21-23(35)12-18(13-31-21)16-6-8-30-22(11-16)25(37)33-19-3-1-2-17(10-19)24-34-32-15-36(24)20-4-5-20/h1,3,6-13,15,17,20H,2,4-5,14H2,(H,33,37). The van der Waals surface area contributed by atoms with Crippen LogP contribution in [0.4, 0.5) is 13.2 Å². The van der Waals surface area contributed by atoms with Crippen LogP contribution in [0.15, 0.2) is 73.1 Å². The van der Waals surface area contributed by atoms with E-state index in [2.05, 4.69) is 30.0 Å². The van der Waals surface area contributed by atoms with Crippen molar-refractivity contribution in [3.05, 3.63) is 84.6 Å². The Hall–Kier alpha value is -4.28. The largest absolute Gasteiger partial charge is 0.406 e. The highest BCUT2D eigenvalue weighted by molar-refractivity contribution is 5.95. The maximum Gasteiger partial charge on any atom is 0.406 e. The van der Waals surface area contributed by atoms with Crippen molar-refractivity contribution in [1.29, 1.82) is 0 Å². The fourth-order valence-electron chi connectivity index (χ4n) is 4.58. The molecule has 188 valence electrons. The van der Waals surface area contributed by atoms with E-state index in [1.165, 1.54) is 12.4 Å². The first-order chi connectivity index (χ1) is 17.8. The molecule has 4 heterocycles. The van der Waals surface area contributed by atoms with Crippen LogP contribution in [-0.2, 0) is 6.54 Å². The molecule has 0 saturated heterocycles. The lowest BCUT2D eigenvalue weighted by molar-refractivity contribution is -0.139. The topological polar surface area (TPSA) is 90.5 Å². The molecule has 8 nitrogen and oxygen atoms in total. The van der Waals surface area contributed by atoms with Crippen LogP contribution in [0.5, 0.6) is 0 Å². The zero-order valence-corrected chi connectivity index (χ0v) is 19.6. The van der Waals surface area contributed by atoms with Gasteiger partial charge in [-0.1, -0.05) is 6.08 Å². The number of alkyl halides is 3. The van der Waals surface area contributed by atoms with Gasteiger partial charge in [-0.25, -0.2) is 0 Å². The second kappa shape index (κ2) is 8.99. The summed E-state index contributed by atoms with van der Waals surface area (Å²) in [6.07, 6.45) is 10.7. The quantitative estimate of drug-likeness (QED) is 0.401. The van der Waals surface area contributed by atoms with Crippen molar-refractivity contribution in [3.63, 3.8) is 0 Å². The SMILES string of the molecule is O=C(NC1=CC(c2nncn2C2CC2)CC=C1)c1cc(-c2cnc3ccn(CC(F)(F)F)c3c2)ccn1. The third-order valence-corrected chi connectivity index (χ3v) is 6.49. The number of hydrogen-bond acceptors (Lipinski definition) is 5. The Labute approximate surface area is 209 Å². The molecule has 0 spiro atoms. The van der Waals surface area contributed by atoms with Crippen molar-refractivity contribution in [2.24, 2.45) is 0 Å². The molecule has 0 aromatic carbocycles. The van der Waals surface area contributed by atoms with Gasteiger partial charge >= 0.3 is 6.18 Å². The van der Waals surface area contributed by atoms with Crippen molar-refractivity contribution in [1.82, 2.24) is 34.6 Å². The number of rotatable bonds is 6. The molecule has 0 radical (unpaired) electrons. The molecule has 1 N–H and O–H groups in total. The van der Waals surface area contributed by atoms with Gasteiger partial charge in [0.2, 0.25) is 0 Å². The number of hydrogen-bond donors (Lipinski definition) is 1. The van der Waals surface area contributed by atoms with Crippen LogP contribution in [0.2, 0.25) is 0 Å². The Balaban J connectivity index is 1.22. The number of carbonyl (C=O) groups excluding carboxylic acids is 1. The molecule has 1 atom stereocenters. The van der Waals surface area contributed by atoms with E-state index in [1.807, 2.05) is 18.2 Å². The number of nitrogens with zero attached hydrogens (tertiary/aromatic N) is 6. The average molecular weight is 506 g/mol. The third kappa shape index (κ3) is 4.89. The minimum absolute atomic E-state index is 0.00781. The molecule has 11 heteroatoms. The van der Waals surface area contributed by atoms with E-state index in [4.69, 9.17) is 0 Å². The highest BCUT2D eigenvalue weighted by Gasteiger charge is 2.30. The van der Waals surface area contributed by atoms with Gasteiger partial charge in [0.15, 0.2) is 0 Å². The van der Waals surface area contributed by atoms with Crippen molar-refractivity contribution in [3.8, 4) is 11.1 Å². The molecule has 37 heavy (non-hydrogen) atoms. The fourth-order valence-corrected chi connectivity index (χ4v) is 4.58. The first kappa shape index (κ1) is 23.1. The molecule has 6 rings (SSSR count). The van der Waals surface area contributed by atoms with Gasteiger partial charge in [-0.2, -0.15) is 13.2 Å². The molecule has 2 aliphatic carbocycles. The van der Waals surface area contributed by atoms with Crippen LogP contribution in [0.3, 0.4) is 0 Å². The molecule has 2 aliphatic rings. The lowest BCUT2D eigenvalue weighted by Crippen LogP contribution is -2.24. The van der Waals surface area contributed by atoms with E-state index in [9.17, 15) is 18.0 Å². The molecule has 0 bridgehead atoms. The number of pyridine rings is 2. The minimum Gasteiger partial charge on any atom is -0.337 e. The summed E-state index contributed by atoms with van der Waals surface area (Å²) in [5, 5.41) is 11.3. The predicted molar refractivity (Wildman–Crippen MR) is 129 cm³/mol. The second-order valence-corrected chi connectivity index (χ2v) is 9.27. The molecule has 1 unspecified atom stereocenters. The first-order valence-electron chi connectivity index (χ1n) is 11.9. The fraction of sp³-hybridized carbons (Fsp3) is 0.269. The van der Waals surface area contributed by atoms with E-state index in [-0.39, 0.29) is 11.6 Å². The summed E-state index contributed by atoms with van der Waals surface area (Å²) in [5.74, 6) is 0.502. The van der Waals surface area contributed by atoms with Crippen LogP contribution >= 0.6 is 0 Å². The van der Waals surface area contributed by atoms with Crippen molar-refractivity contribution in [2.75, 3.05) is 0 Å². The summed E-state index contributed by atoms with van der Waals surface area (Å²) in [5.41, 5.74) is 2.86. The lowest BCUT2D eigenvalue weighted by atomic mass is 9.98. The summed E-state index contributed by atoms with van der Waals surface area (Å²) in [7, 11) is 0. The Morgan fingerprint density at radius 2 is 2.00 bits per heavy atom. The number of amides is 1. The summed E-state index contributed by atoms with van der Waals surface area (Å²) in [6, 6.07) is 6.93. The molecule has 4 aromatic rings. The molecule has 0 aliphatic heterocycles. The van der Waals surface area contributed by atoms with Gasteiger partial charge in [0, 0.05) is 41.8 Å². The molecule has 4 aromatic heterocycles. The van der Waals surface area contributed by atoms with Gasteiger partial charge in [-0.15, -0.1) is 10.2 Å². The van der Waals surface area contributed by atoms with Gasteiger partial charge in [0.25, 0.3) is 5.91 Å². The maximum atomic E-state index is 13.0. The van der Waals surface area contributed by atoms with Gasteiger partial charge in [0.05, 0.1) is 11.0 Å². The maximum absolute atomic E-state index is 13.0. The van der Waals surface area contributed by atoms with Crippen LogP contribution in [0.1, 0.15) is 47.5 Å². The lowest BCUT2D eigenvalue weighted by Gasteiger charge is -2.17. The zero-order valence-electron chi connectivity index (χ0n) is 19.6. The smallest absolute Gasteiger partial charge is 0.337 e. The van der Waals surface area contributed by atoms with Crippen molar-refractivity contribution >= 4 is 16.9 Å². The third-order valence-electron chi connectivity index (χ3n) is 6.49. The van der Waals surface area contributed by atoms with Gasteiger partial charge in [-0.05, 0) is 61.2 Å². The predicted octanol–water partition coefficient (Wildman–Crippen LogP) is 4.94. The van der Waals surface area contributed by atoms with E-state index in [1.54, 1.807) is 36.8 Å². The average Bonchev–Trinajstić information content (AvgIpc) is 3.48. The molecule has 1 amide bonds. The molecular weight excluding hydrogens is 483 g/mol. The van der Waals surface area contributed by atoms with Gasteiger partial charge in [-0.3, -0.25) is 14.8 Å². The highest BCUT2D eigenvalue weighted by Crippen LogP contribution is 2.38. The minimum atomic E-state index is -4.35. The Morgan fingerprint density at radius 1 is 1.14 bits per heavy atom. The second-order valence-electron chi connectivity index (χ2n) is 9.27. The molecule has 1 fully saturated rings.